The van der Waals surface area contributed by atoms with E-state index in [0.29, 0.717) is 0 Å². The summed E-state index contributed by atoms with van der Waals surface area (Å²) in [5, 5.41) is 10.5. The van der Waals surface area contributed by atoms with Crippen molar-refractivity contribution in [3.63, 3.8) is 0 Å². The molecule has 0 aliphatic heterocycles. The van der Waals surface area contributed by atoms with Crippen molar-refractivity contribution in [3.8, 4) is 0 Å². The van der Waals surface area contributed by atoms with Gasteiger partial charge in [-0.3, -0.25) is 14.9 Å². The van der Waals surface area contributed by atoms with Crippen molar-refractivity contribution in [2.75, 3.05) is 11.6 Å². The Hall–Kier alpha value is -1.33. The molecule has 0 fully saturated rings. The van der Waals surface area contributed by atoms with E-state index in [4.69, 9.17) is 28.9 Å². The third-order valence-electron chi connectivity index (χ3n) is 1.73. The average Bonchev–Trinajstić information content (AvgIpc) is 2.19. The van der Waals surface area contributed by atoms with Crippen LogP contribution in [0.1, 0.15) is 10.4 Å². The van der Waals surface area contributed by atoms with Gasteiger partial charge in [0.25, 0.3) is 5.69 Å². The number of hydrogen-bond acceptors (Lipinski definition) is 4. The first-order valence-corrected chi connectivity index (χ1v) is 4.71. The summed E-state index contributed by atoms with van der Waals surface area (Å²) < 4.78 is 0. The SMILES string of the molecule is Nc1cc(C(=O)CCl)c(Cl)cc1[N+](=O)[O-]. The van der Waals surface area contributed by atoms with E-state index < -0.39 is 10.7 Å². The minimum atomic E-state index is -0.670. The molecule has 1 rings (SSSR count). The Bertz CT molecular complexity index is 434. The monoisotopic (exact) mass is 248 g/mol. The zero-order valence-corrected chi connectivity index (χ0v) is 8.88. The first-order valence-electron chi connectivity index (χ1n) is 3.80. The fourth-order valence-corrected chi connectivity index (χ4v) is 1.43. The van der Waals surface area contributed by atoms with Gasteiger partial charge < -0.3 is 5.73 Å². The predicted octanol–water partition coefficient (Wildman–Crippen LogP) is 2.25. The second kappa shape index (κ2) is 4.46. The highest BCUT2D eigenvalue weighted by atomic mass is 35.5. The number of nitro groups is 1. The number of carbonyl (C=O) groups excluding carboxylic acids is 1. The summed E-state index contributed by atoms with van der Waals surface area (Å²) in [5.74, 6) is -0.681. The minimum absolute atomic E-state index is 0.0263. The van der Waals surface area contributed by atoms with Crippen molar-refractivity contribution in [1.29, 1.82) is 0 Å². The Morgan fingerprint density at radius 2 is 2.13 bits per heavy atom. The highest BCUT2D eigenvalue weighted by Gasteiger charge is 2.18. The summed E-state index contributed by atoms with van der Waals surface area (Å²) in [6.45, 7) is 0. The largest absolute Gasteiger partial charge is 0.393 e. The molecule has 0 aromatic heterocycles. The average molecular weight is 249 g/mol. The van der Waals surface area contributed by atoms with Gasteiger partial charge in [0.15, 0.2) is 5.78 Å². The quantitative estimate of drug-likeness (QED) is 0.292. The number of rotatable bonds is 3. The minimum Gasteiger partial charge on any atom is -0.393 e. The van der Waals surface area contributed by atoms with Crippen LogP contribution in [-0.4, -0.2) is 16.6 Å². The summed E-state index contributed by atoms with van der Waals surface area (Å²) in [7, 11) is 0. The van der Waals surface area contributed by atoms with E-state index in [-0.39, 0.29) is 27.8 Å². The van der Waals surface area contributed by atoms with Gasteiger partial charge in [-0.25, -0.2) is 0 Å². The first kappa shape index (κ1) is 11.7. The molecule has 0 atom stereocenters. The number of nitro benzene ring substituents is 1. The van der Waals surface area contributed by atoms with Crippen molar-refractivity contribution < 1.29 is 9.72 Å². The van der Waals surface area contributed by atoms with Gasteiger partial charge in [-0.05, 0) is 6.07 Å². The Morgan fingerprint density at radius 3 is 2.60 bits per heavy atom. The molecule has 1 aromatic carbocycles. The van der Waals surface area contributed by atoms with E-state index in [2.05, 4.69) is 0 Å². The van der Waals surface area contributed by atoms with Crippen molar-refractivity contribution >= 4 is 40.4 Å². The Labute approximate surface area is 94.9 Å². The maximum Gasteiger partial charge on any atom is 0.293 e. The number of anilines is 1. The fourth-order valence-electron chi connectivity index (χ4n) is 1.02. The molecule has 15 heavy (non-hydrogen) atoms. The highest BCUT2D eigenvalue weighted by molar-refractivity contribution is 6.37. The molecule has 0 amide bonds. The van der Waals surface area contributed by atoms with Crippen LogP contribution in [0, 0.1) is 10.1 Å². The van der Waals surface area contributed by atoms with Crippen LogP contribution >= 0.6 is 23.2 Å². The normalized spacial score (nSPS) is 10.0. The summed E-state index contributed by atoms with van der Waals surface area (Å²) in [5.41, 5.74) is 5.04. The third kappa shape index (κ3) is 2.37. The number of nitrogen functional groups attached to an aromatic ring is 1. The summed E-state index contributed by atoms with van der Waals surface area (Å²) >= 11 is 11.0. The van der Waals surface area contributed by atoms with E-state index in [9.17, 15) is 14.9 Å². The second-order valence-electron chi connectivity index (χ2n) is 2.70. The third-order valence-corrected chi connectivity index (χ3v) is 2.29. The molecule has 0 radical (unpaired) electrons. The smallest absolute Gasteiger partial charge is 0.293 e. The molecular formula is C8H6Cl2N2O3. The van der Waals surface area contributed by atoms with Gasteiger partial charge in [-0.2, -0.15) is 0 Å². The molecular weight excluding hydrogens is 243 g/mol. The van der Waals surface area contributed by atoms with Crippen molar-refractivity contribution in [1.82, 2.24) is 0 Å². The number of benzene rings is 1. The molecule has 5 nitrogen and oxygen atoms in total. The standard InChI is InChI=1S/C8H6Cl2N2O3/c9-3-8(13)4-1-6(11)7(12(14)15)2-5(4)10/h1-2H,3,11H2. The van der Waals surface area contributed by atoms with Gasteiger partial charge in [0, 0.05) is 11.6 Å². The molecule has 0 spiro atoms. The first-order chi connectivity index (χ1) is 6.97. The van der Waals surface area contributed by atoms with E-state index in [1.807, 2.05) is 0 Å². The molecule has 2 N–H and O–H groups in total. The van der Waals surface area contributed by atoms with Crippen LogP contribution in [0.3, 0.4) is 0 Å². The molecule has 0 aliphatic rings. The van der Waals surface area contributed by atoms with Crippen LogP contribution in [0.4, 0.5) is 11.4 Å². The van der Waals surface area contributed by atoms with Crippen molar-refractivity contribution in [2.24, 2.45) is 0 Å². The molecule has 7 heteroatoms. The maximum atomic E-state index is 11.2. The van der Waals surface area contributed by atoms with Gasteiger partial charge in [-0.1, -0.05) is 11.6 Å². The molecule has 0 bridgehead atoms. The van der Waals surface area contributed by atoms with E-state index in [0.717, 1.165) is 12.1 Å². The fraction of sp³-hybridized carbons (Fsp3) is 0.125. The number of carbonyl (C=O) groups is 1. The molecule has 0 saturated carbocycles. The number of nitrogens with zero attached hydrogens (tertiary/aromatic N) is 1. The second-order valence-corrected chi connectivity index (χ2v) is 3.38. The predicted molar refractivity (Wildman–Crippen MR) is 57.6 cm³/mol. The zero-order chi connectivity index (χ0) is 11.6. The zero-order valence-electron chi connectivity index (χ0n) is 7.37. The molecule has 0 heterocycles. The maximum absolute atomic E-state index is 11.2. The van der Waals surface area contributed by atoms with Crippen LogP contribution in [0.5, 0.6) is 0 Å². The lowest BCUT2D eigenvalue weighted by molar-refractivity contribution is -0.383. The van der Waals surface area contributed by atoms with Crippen molar-refractivity contribution in [3.05, 3.63) is 32.8 Å². The molecule has 1 aromatic rings. The summed E-state index contributed by atoms with van der Waals surface area (Å²) in [6.07, 6.45) is 0. The van der Waals surface area contributed by atoms with Gasteiger partial charge in [-0.15, -0.1) is 11.6 Å². The number of nitrogens with two attached hydrogens (primary N) is 1. The number of Topliss-reactive ketones (excluding diaryl/α,β-unsaturated/α-hetero) is 1. The lowest BCUT2D eigenvalue weighted by Gasteiger charge is -2.03. The Kier molecular flexibility index (Phi) is 3.49. The molecule has 0 unspecified atom stereocenters. The summed E-state index contributed by atoms with van der Waals surface area (Å²) in [4.78, 5) is 21.0. The van der Waals surface area contributed by atoms with Crippen LogP contribution in [0.2, 0.25) is 5.02 Å². The Balaban J connectivity index is 3.31. The van der Waals surface area contributed by atoms with Gasteiger partial charge >= 0.3 is 0 Å². The lowest BCUT2D eigenvalue weighted by Crippen LogP contribution is -2.04. The van der Waals surface area contributed by atoms with Crippen LogP contribution in [0.25, 0.3) is 0 Å². The van der Waals surface area contributed by atoms with Gasteiger partial charge in [0.05, 0.1) is 15.8 Å². The van der Waals surface area contributed by atoms with E-state index in [1.54, 1.807) is 0 Å². The Morgan fingerprint density at radius 1 is 1.53 bits per heavy atom. The number of hydrogen-bond donors (Lipinski definition) is 1. The van der Waals surface area contributed by atoms with E-state index >= 15 is 0 Å². The molecule has 0 aliphatic carbocycles. The van der Waals surface area contributed by atoms with E-state index in [1.165, 1.54) is 0 Å². The number of ketones is 1. The molecule has 80 valence electrons. The van der Waals surface area contributed by atoms with Gasteiger partial charge in [0.2, 0.25) is 0 Å². The topological polar surface area (TPSA) is 86.2 Å². The van der Waals surface area contributed by atoms with Crippen LogP contribution in [-0.2, 0) is 0 Å². The summed E-state index contributed by atoms with van der Waals surface area (Å²) in [6, 6.07) is 2.20. The van der Waals surface area contributed by atoms with Gasteiger partial charge in [0.1, 0.15) is 5.69 Å². The van der Waals surface area contributed by atoms with Crippen LogP contribution in [0.15, 0.2) is 12.1 Å². The van der Waals surface area contributed by atoms with Crippen LogP contribution < -0.4 is 5.73 Å². The highest BCUT2D eigenvalue weighted by Crippen LogP contribution is 2.29. The lowest BCUT2D eigenvalue weighted by atomic mass is 10.1. The number of alkyl halides is 1. The number of halogens is 2. The van der Waals surface area contributed by atoms with Crippen molar-refractivity contribution in [2.45, 2.75) is 0 Å². The molecule has 0 saturated heterocycles.